The molecular weight excluding hydrogens is 313 g/mol. The third-order valence-electron chi connectivity index (χ3n) is 2.72. The van der Waals surface area contributed by atoms with Gasteiger partial charge >= 0.3 is 0 Å². The SMILES string of the molecule is NC(=S)c1c(F)cccc1Nc1ccc(S(N)(=O)=O)cc1. The normalized spacial score (nSPS) is 11.1. The average Bonchev–Trinajstić information content (AvgIpc) is 2.38. The second kappa shape index (κ2) is 5.76. The molecule has 21 heavy (non-hydrogen) atoms. The molecule has 0 amide bonds. The van der Waals surface area contributed by atoms with E-state index in [-0.39, 0.29) is 15.4 Å². The number of nitrogens with one attached hydrogen (secondary N) is 1. The molecule has 0 fully saturated rings. The van der Waals surface area contributed by atoms with Gasteiger partial charge in [-0.15, -0.1) is 0 Å². The van der Waals surface area contributed by atoms with Crippen molar-refractivity contribution in [1.29, 1.82) is 0 Å². The minimum Gasteiger partial charge on any atom is -0.389 e. The molecule has 0 unspecified atom stereocenters. The van der Waals surface area contributed by atoms with E-state index in [1.807, 2.05) is 0 Å². The van der Waals surface area contributed by atoms with Crippen molar-refractivity contribution < 1.29 is 12.8 Å². The summed E-state index contributed by atoms with van der Waals surface area (Å²) in [4.78, 5) is -0.0846. The highest BCUT2D eigenvalue weighted by atomic mass is 32.2. The van der Waals surface area contributed by atoms with Crippen LogP contribution < -0.4 is 16.2 Å². The number of rotatable bonds is 4. The van der Waals surface area contributed by atoms with E-state index in [0.717, 1.165) is 0 Å². The van der Waals surface area contributed by atoms with Gasteiger partial charge < -0.3 is 11.1 Å². The molecule has 0 radical (unpaired) electrons. The molecule has 2 rings (SSSR count). The first-order valence-electron chi connectivity index (χ1n) is 5.77. The maximum atomic E-state index is 13.7. The number of nitrogens with two attached hydrogens (primary N) is 2. The molecular formula is C13H12FN3O2S2. The lowest BCUT2D eigenvalue weighted by Gasteiger charge is -2.12. The van der Waals surface area contributed by atoms with Crippen LogP contribution in [0.2, 0.25) is 0 Å². The summed E-state index contributed by atoms with van der Waals surface area (Å²) >= 11 is 4.82. The van der Waals surface area contributed by atoms with Gasteiger partial charge in [0.05, 0.1) is 16.1 Å². The van der Waals surface area contributed by atoms with Crippen LogP contribution in [-0.4, -0.2) is 13.4 Å². The quantitative estimate of drug-likeness (QED) is 0.745. The van der Waals surface area contributed by atoms with Gasteiger partial charge in [-0.1, -0.05) is 18.3 Å². The van der Waals surface area contributed by atoms with Gasteiger partial charge in [0.15, 0.2) is 0 Å². The Hall–Kier alpha value is -2.03. The van der Waals surface area contributed by atoms with E-state index in [9.17, 15) is 12.8 Å². The fourth-order valence-electron chi connectivity index (χ4n) is 1.76. The number of thiocarbonyl (C=S) groups is 1. The summed E-state index contributed by atoms with van der Waals surface area (Å²) < 4.78 is 36.1. The van der Waals surface area contributed by atoms with Gasteiger partial charge in [-0.3, -0.25) is 0 Å². The zero-order valence-electron chi connectivity index (χ0n) is 10.7. The minimum atomic E-state index is -3.75. The zero-order chi connectivity index (χ0) is 15.6. The van der Waals surface area contributed by atoms with Crippen molar-refractivity contribution in [3.05, 3.63) is 53.8 Å². The summed E-state index contributed by atoms with van der Waals surface area (Å²) in [6.07, 6.45) is 0. The van der Waals surface area contributed by atoms with Gasteiger partial charge in [0.1, 0.15) is 10.8 Å². The summed E-state index contributed by atoms with van der Waals surface area (Å²) in [5.41, 5.74) is 6.55. The summed E-state index contributed by atoms with van der Waals surface area (Å²) in [7, 11) is -3.75. The maximum absolute atomic E-state index is 13.7. The van der Waals surface area contributed by atoms with Gasteiger partial charge in [-0.2, -0.15) is 0 Å². The van der Waals surface area contributed by atoms with Gasteiger partial charge in [0.25, 0.3) is 0 Å². The molecule has 0 heterocycles. The monoisotopic (exact) mass is 325 g/mol. The van der Waals surface area contributed by atoms with Gasteiger partial charge in [0, 0.05) is 5.69 Å². The molecule has 2 aromatic carbocycles. The van der Waals surface area contributed by atoms with E-state index >= 15 is 0 Å². The van der Waals surface area contributed by atoms with E-state index < -0.39 is 15.8 Å². The molecule has 0 saturated carbocycles. The molecule has 0 bridgehead atoms. The predicted octanol–water partition coefficient (Wildman–Crippen LogP) is 1.85. The molecule has 110 valence electrons. The average molecular weight is 325 g/mol. The third-order valence-corrected chi connectivity index (χ3v) is 3.86. The minimum absolute atomic E-state index is 0.0122. The van der Waals surface area contributed by atoms with Gasteiger partial charge in [0.2, 0.25) is 10.0 Å². The summed E-state index contributed by atoms with van der Waals surface area (Å²) in [6, 6.07) is 10.1. The van der Waals surface area contributed by atoms with Crippen LogP contribution in [0.25, 0.3) is 0 Å². The summed E-state index contributed by atoms with van der Waals surface area (Å²) in [6.45, 7) is 0. The fourth-order valence-corrected chi connectivity index (χ4v) is 2.49. The zero-order valence-corrected chi connectivity index (χ0v) is 12.3. The first-order valence-corrected chi connectivity index (χ1v) is 7.72. The topological polar surface area (TPSA) is 98.2 Å². The van der Waals surface area contributed by atoms with E-state index in [1.165, 1.54) is 36.4 Å². The second-order valence-corrected chi connectivity index (χ2v) is 6.22. The van der Waals surface area contributed by atoms with Crippen molar-refractivity contribution in [2.75, 3.05) is 5.32 Å². The van der Waals surface area contributed by atoms with E-state index in [2.05, 4.69) is 5.32 Å². The van der Waals surface area contributed by atoms with Crippen LogP contribution in [0, 0.1) is 5.82 Å². The Bertz CT molecular complexity index is 790. The predicted molar refractivity (Wildman–Crippen MR) is 83.4 cm³/mol. The van der Waals surface area contributed by atoms with E-state index in [4.69, 9.17) is 23.1 Å². The van der Waals surface area contributed by atoms with Gasteiger partial charge in [-0.25, -0.2) is 17.9 Å². The Balaban J connectivity index is 2.35. The Kier molecular flexibility index (Phi) is 4.21. The lowest BCUT2D eigenvalue weighted by Crippen LogP contribution is -2.14. The molecule has 0 aliphatic heterocycles. The highest BCUT2D eigenvalue weighted by molar-refractivity contribution is 7.89. The smallest absolute Gasteiger partial charge is 0.238 e. The van der Waals surface area contributed by atoms with Crippen LogP contribution in [0.15, 0.2) is 47.4 Å². The number of anilines is 2. The van der Waals surface area contributed by atoms with Crippen LogP contribution in [0.3, 0.4) is 0 Å². The van der Waals surface area contributed by atoms with Crippen molar-refractivity contribution in [1.82, 2.24) is 0 Å². The van der Waals surface area contributed by atoms with Crippen LogP contribution in [0.5, 0.6) is 0 Å². The number of benzene rings is 2. The Morgan fingerprint density at radius 1 is 1.14 bits per heavy atom. The fraction of sp³-hybridized carbons (Fsp3) is 0. The first kappa shape index (κ1) is 15.4. The van der Waals surface area contributed by atoms with Crippen LogP contribution in [0.4, 0.5) is 15.8 Å². The highest BCUT2D eigenvalue weighted by Gasteiger charge is 2.12. The van der Waals surface area contributed by atoms with Gasteiger partial charge in [-0.05, 0) is 36.4 Å². The molecule has 8 heteroatoms. The van der Waals surface area contributed by atoms with Crippen molar-refractivity contribution in [3.8, 4) is 0 Å². The van der Waals surface area contributed by atoms with Crippen molar-refractivity contribution in [2.45, 2.75) is 4.90 Å². The largest absolute Gasteiger partial charge is 0.389 e. The number of sulfonamides is 1. The standard InChI is InChI=1S/C13H12FN3O2S2/c14-10-2-1-3-11(12(10)13(15)20)17-8-4-6-9(7-5-8)21(16,18)19/h1-7,17H,(H2,15,20)(H2,16,18,19). The number of hydrogen-bond donors (Lipinski definition) is 3. The summed E-state index contributed by atoms with van der Waals surface area (Å²) in [5.74, 6) is -0.534. The lowest BCUT2D eigenvalue weighted by atomic mass is 10.1. The Morgan fingerprint density at radius 3 is 2.29 bits per heavy atom. The molecule has 5 N–H and O–H groups in total. The number of primary sulfonamides is 1. The molecule has 0 spiro atoms. The van der Waals surface area contributed by atoms with Crippen LogP contribution in [0.1, 0.15) is 5.56 Å². The van der Waals surface area contributed by atoms with Crippen LogP contribution >= 0.6 is 12.2 Å². The van der Waals surface area contributed by atoms with Crippen molar-refractivity contribution >= 4 is 38.6 Å². The molecule has 0 saturated heterocycles. The highest BCUT2D eigenvalue weighted by Crippen LogP contribution is 2.24. The maximum Gasteiger partial charge on any atom is 0.238 e. The second-order valence-electron chi connectivity index (χ2n) is 4.22. The Morgan fingerprint density at radius 2 is 1.76 bits per heavy atom. The number of halogens is 1. The molecule has 0 atom stereocenters. The van der Waals surface area contributed by atoms with Crippen molar-refractivity contribution in [3.63, 3.8) is 0 Å². The summed E-state index contributed by atoms with van der Waals surface area (Å²) in [5, 5.41) is 7.94. The van der Waals surface area contributed by atoms with Crippen LogP contribution in [-0.2, 0) is 10.0 Å². The van der Waals surface area contributed by atoms with E-state index in [0.29, 0.717) is 11.4 Å². The molecule has 0 aliphatic rings. The molecule has 5 nitrogen and oxygen atoms in total. The third kappa shape index (κ3) is 3.54. The Labute approximate surface area is 126 Å². The first-order chi connectivity index (χ1) is 9.79. The van der Waals surface area contributed by atoms with E-state index in [1.54, 1.807) is 6.07 Å². The lowest BCUT2D eigenvalue weighted by molar-refractivity contribution is 0.598. The molecule has 2 aromatic rings. The molecule has 0 aromatic heterocycles. The molecule has 0 aliphatic carbocycles. The van der Waals surface area contributed by atoms with Crippen molar-refractivity contribution in [2.24, 2.45) is 10.9 Å². The number of hydrogen-bond acceptors (Lipinski definition) is 4.